The van der Waals surface area contributed by atoms with Crippen molar-refractivity contribution in [1.29, 1.82) is 0 Å². The highest BCUT2D eigenvalue weighted by atomic mass is 35.5. The lowest BCUT2D eigenvalue weighted by Gasteiger charge is -2.24. The smallest absolute Gasteiger partial charge is 0.262 e. The number of likely N-dealkylation sites (N-methyl/N-ethyl adjacent to an activating group) is 1. The first-order valence-electron chi connectivity index (χ1n) is 11.6. The van der Waals surface area contributed by atoms with Crippen LogP contribution in [0.1, 0.15) is 23.4 Å². The van der Waals surface area contributed by atoms with Crippen LogP contribution in [0.2, 0.25) is 5.02 Å². The van der Waals surface area contributed by atoms with E-state index in [2.05, 4.69) is 48.2 Å². The molecule has 0 atom stereocenters. The van der Waals surface area contributed by atoms with Crippen LogP contribution < -0.4 is 5.56 Å². The van der Waals surface area contributed by atoms with Crippen molar-refractivity contribution in [3.8, 4) is 0 Å². The summed E-state index contributed by atoms with van der Waals surface area (Å²) >= 11 is 7.60. The normalized spacial score (nSPS) is 11.7. The molecule has 0 aliphatic heterocycles. The third-order valence-corrected chi connectivity index (χ3v) is 6.96. The van der Waals surface area contributed by atoms with Crippen molar-refractivity contribution in [2.45, 2.75) is 25.9 Å². The Morgan fingerprint density at radius 1 is 0.941 bits per heavy atom. The minimum atomic E-state index is 0.0516. The molecule has 0 amide bonds. The minimum Gasteiger partial charge on any atom is -0.308 e. The molecule has 0 aliphatic rings. The summed E-state index contributed by atoms with van der Waals surface area (Å²) in [6.45, 7) is 4.32. The van der Waals surface area contributed by atoms with E-state index in [1.807, 2.05) is 46.3 Å². The highest BCUT2D eigenvalue weighted by molar-refractivity contribution is 7.16. The first-order valence-corrected chi connectivity index (χ1v) is 12.9. The molecule has 4 aromatic rings. The van der Waals surface area contributed by atoms with E-state index in [9.17, 15) is 4.79 Å². The maximum atomic E-state index is 13.3. The van der Waals surface area contributed by atoms with Crippen LogP contribution in [-0.2, 0) is 19.5 Å². The third kappa shape index (κ3) is 6.54. The molecule has 34 heavy (non-hydrogen) atoms. The highest BCUT2D eigenvalue weighted by Gasteiger charge is 2.14. The largest absolute Gasteiger partial charge is 0.308 e. The van der Waals surface area contributed by atoms with Gasteiger partial charge < -0.3 is 4.90 Å². The Morgan fingerprint density at radius 2 is 1.71 bits per heavy atom. The molecule has 178 valence electrons. The van der Waals surface area contributed by atoms with E-state index in [1.54, 1.807) is 0 Å². The van der Waals surface area contributed by atoms with Crippen LogP contribution in [0.5, 0.6) is 0 Å². The Hall–Kier alpha value is -2.51. The van der Waals surface area contributed by atoms with Gasteiger partial charge in [0.1, 0.15) is 10.7 Å². The fraction of sp³-hybridized carbons (Fsp3) is 0.333. The number of fused-ring (bicyclic) bond motifs is 1. The molecule has 0 fully saturated rings. The molecule has 5 nitrogen and oxygen atoms in total. The van der Waals surface area contributed by atoms with Gasteiger partial charge in [-0.3, -0.25) is 14.3 Å². The van der Waals surface area contributed by atoms with Crippen LogP contribution in [0, 0.1) is 0 Å². The first-order chi connectivity index (χ1) is 16.5. The molecule has 0 aliphatic carbocycles. The second kappa shape index (κ2) is 11.8. The molecule has 0 N–H and O–H groups in total. The average Bonchev–Trinajstić information content (AvgIpc) is 3.30. The molecule has 0 unspecified atom stereocenters. The molecular weight excluding hydrogens is 464 g/mol. The molecule has 2 heterocycles. The molecule has 7 heteroatoms. The summed E-state index contributed by atoms with van der Waals surface area (Å²) in [7, 11) is 4.20. The van der Waals surface area contributed by atoms with Crippen LogP contribution in [0.15, 0.2) is 70.8 Å². The topological polar surface area (TPSA) is 41.4 Å². The van der Waals surface area contributed by atoms with Crippen molar-refractivity contribution < 1.29 is 0 Å². The SMILES string of the molecule is CN(C)CCN(CCCc1nc2sccc2c(=O)n1Cc1ccccc1)Cc1ccc(Cl)cc1. The second-order valence-electron chi connectivity index (χ2n) is 8.85. The number of nitrogens with zero attached hydrogens (tertiary/aromatic N) is 4. The van der Waals surface area contributed by atoms with Gasteiger partial charge in [0.15, 0.2) is 0 Å². The van der Waals surface area contributed by atoms with Crippen LogP contribution in [0.4, 0.5) is 0 Å². The summed E-state index contributed by atoms with van der Waals surface area (Å²) in [5.41, 5.74) is 2.41. The zero-order chi connectivity index (χ0) is 23.9. The Labute approximate surface area is 210 Å². The van der Waals surface area contributed by atoms with E-state index in [-0.39, 0.29) is 5.56 Å². The lowest BCUT2D eigenvalue weighted by molar-refractivity contribution is 0.230. The van der Waals surface area contributed by atoms with Crippen molar-refractivity contribution in [1.82, 2.24) is 19.4 Å². The molecule has 0 saturated carbocycles. The van der Waals surface area contributed by atoms with E-state index < -0.39 is 0 Å². The molecule has 4 rings (SSSR count). The summed E-state index contributed by atoms with van der Waals surface area (Å²) < 4.78 is 1.85. The highest BCUT2D eigenvalue weighted by Crippen LogP contribution is 2.17. The quantitative estimate of drug-likeness (QED) is 0.289. The lowest BCUT2D eigenvalue weighted by atomic mass is 10.2. The Bertz CT molecular complexity index is 1250. The molecule has 0 saturated heterocycles. The van der Waals surface area contributed by atoms with Crippen LogP contribution in [0.3, 0.4) is 0 Å². The zero-order valence-electron chi connectivity index (χ0n) is 19.8. The van der Waals surface area contributed by atoms with E-state index >= 15 is 0 Å². The number of benzene rings is 2. The molecule has 0 bridgehead atoms. The van der Waals surface area contributed by atoms with Crippen molar-refractivity contribution >= 4 is 33.2 Å². The van der Waals surface area contributed by atoms with Gasteiger partial charge in [0.2, 0.25) is 0 Å². The van der Waals surface area contributed by atoms with E-state index in [1.165, 1.54) is 16.9 Å². The standard InChI is InChI=1S/C27H31ClN4OS/c1-30(2)16-17-31(19-22-10-12-23(28)13-11-22)15-6-9-25-29-26-24(14-18-34-26)27(33)32(25)20-21-7-4-3-5-8-21/h3-5,7-8,10-14,18H,6,9,15-17,19-20H2,1-2H3. The number of aromatic nitrogens is 2. The van der Waals surface area contributed by atoms with Crippen LogP contribution in [-0.4, -0.2) is 53.1 Å². The number of hydrogen-bond donors (Lipinski definition) is 0. The zero-order valence-corrected chi connectivity index (χ0v) is 21.4. The Balaban J connectivity index is 1.50. The predicted molar refractivity (Wildman–Crippen MR) is 143 cm³/mol. The fourth-order valence-electron chi connectivity index (χ4n) is 4.03. The van der Waals surface area contributed by atoms with Crippen LogP contribution in [0.25, 0.3) is 10.2 Å². The van der Waals surface area contributed by atoms with Gasteiger partial charge in [0, 0.05) is 31.1 Å². The fourth-order valence-corrected chi connectivity index (χ4v) is 4.93. The first kappa shape index (κ1) is 24.6. The summed E-state index contributed by atoms with van der Waals surface area (Å²) in [4.78, 5) is 23.7. The summed E-state index contributed by atoms with van der Waals surface area (Å²) in [6, 6.07) is 20.1. The summed E-state index contributed by atoms with van der Waals surface area (Å²) in [5.74, 6) is 0.864. The molecular formula is C27H31ClN4OS. The van der Waals surface area contributed by atoms with Gasteiger partial charge in [0.25, 0.3) is 5.56 Å². The Kier molecular flexibility index (Phi) is 8.51. The number of halogens is 1. The van der Waals surface area contributed by atoms with Crippen molar-refractivity contribution in [2.24, 2.45) is 0 Å². The number of rotatable bonds is 11. The predicted octanol–water partition coefficient (Wildman–Crippen LogP) is 5.16. The molecule has 2 aromatic heterocycles. The molecule has 2 aromatic carbocycles. The monoisotopic (exact) mass is 494 g/mol. The third-order valence-electron chi connectivity index (χ3n) is 5.90. The maximum absolute atomic E-state index is 13.3. The van der Waals surface area contributed by atoms with E-state index in [0.717, 1.165) is 60.3 Å². The van der Waals surface area contributed by atoms with Crippen molar-refractivity contribution in [3.63, 3.8) is 0 Å². The molecule has 0 spiro atoms. The van der Waals surface area contributed by atoms with E-state index in [0.29, 0.717) is 11.9 Å². The minimum absolute atomic E-state index is 0.0516. The van der Waals surface area contributed by atoms with Gasteiger partial charge in [0.05, 0.1) is 11.9 Å². The Morgan fingerprint density at radius 3 is 2.44 bits per heavy atom. The van der Waals surface area contributed by atoms with Gasteiger partial charge in [-0.1, -0.05) is 54.1 Å². The van der Waals surface area contributed by atoms with Crippen LogP contribution >= 0.6 is 22.9 Å². The van der Waals surface area contributed by atoms with E-state index in [4.69, 9.17) is 16.6 Å². The summed E-state index contributed by atoms with van der Waals surface area (Å²) in [6.07, 6.45) is 1.69. The maximum Gasteiger partial charge on any atom is 0.262 e. The average molecular weight is 495 g/mol. The van der Waals surface area contributed by atoms with Crippen molar-refractivity contribution in [3.05, 3.63) is 98.4 Å². The van der Waals surface area contributed by atoms with Gasteiger partial charge in [-0.05, 0) is 61.8 Å². The van der Waals surface area contributed by atoms with Gasteiger partial charge in [-0.15, -0.1) is 11.3 Å². The van der Waals surface area contributed by atoms with Gasteiger partial charge in [-0.25, -0.2) is 4.98 Å². The van der Waals surface area contributed by atoms with Gasteiger partial charge >= 0.3 is 0 Å². The number of thiophene rings is 1. The number of hydrogen-bond acceptors (Lipinski definition) is 5. The summed E-state index contributed by atoms with van der Waals surface area (Å²) in [5, 5.41) is 3.42. The van der Waals surface area contributed by atoms with Crippen molar-refractivity contribution in [2.75, 3.05) is 33.7 Å². The lowest BCUT2D eigenvalue weighted by Crippen LogP contribution is -2.33. The number of aryl methyl sites for hydroxylation is 1. The molecule has 0 radical (unpaired) electrons. The second-order valence-corrected chi connectivity index (χ2v) is 10.2. The van der Waals surface area contributed by atoms with Gasteiger partial charge in [-0.2, -0.15) is 0 Å².